The van der Waals surface area contributed by atoms with E-state index in [-0.39, 0.29) is 27.6 Å². The third kappa shape index (κ3) is 3.70. The summed E-state index contributed by atoms with van der Waals surface area (Å²) in [7, 11) is 1.33. The Bertz CT molecular complexity index is 678. The number of anilines is 1. The molecule has 1 fully saturated rings. The fourth-order valence-corrected chi connectivity index (χ4v) is 3.16. The number of hydrogen-bond donors (Lipinski definition) is 1. The van der Waals surface area contributed by atoms with E-state index in [2.05, 4.69) is 10.1 Å². The molecule has 2 atom stereocenters. The Kier molecular flexibility index (Phi) is 5.07. The molecule has 6 heteroatoms. The monoisotopic (exact) mass is 355 g/mol. The van der Waals surface area contributed by atoms with Crippen molar-refractivity contribution in [2.45, 2.75) is 20.8 Å². The number of esters is 1. The van der Waals surface area contributed by atoms with Gasteiger partial charge in [0.1, 0.15) is 4.49 Å². The predicted octanol–water partition coefficient (Wildman–Crippen LogP) is 4.31. The van der Waals surface area contributed by atoms with Gasteiger partial charge in [-0.1, -0.05) is 37.0 Å². The summed E-state index contributed by atoms with van der Waals surface area (Å²) in [5.74, 6) is -0.659. The molecule has 1 saturated carbocycles. The number of carbonyl (C=O) groups is 2. The van der Waals surface area contributed by atoms with Crippen LogP contribution in [0.3, 0.4) is 0 Å². The van der Waals surface area contributed by atoms with E-state index in [9.17, 15) is 9.59 Å². The van der Waals surface area contributed by atoms with Gasteiger partial charge in [0, 0.05) is 5.69 Å². The van der Waals surface area contributed by atoms with E-state index in [4.69, 9.17) is 23.2 Å². The first-order valence-electron chi connectivity index (χ1n) is 7.21. The van der Waals surface area contributed by atoms with E-state index in [0.717, 1.165) is 5.56 Å². The Morgan fingerprint density at radius 1 is 1.30 bits per heavy atom. The van der Waals surface area contributed by atoms with Crippen molar-refractivity contribution in [1.29, 1.82) is 0 Å². The lowest BCUT2D eigenvalue weighted by Crippen LogP contribution is -2.17. The molecular weight excluding hydrogens is 337 g/mol. The number of methoxy groups -OCH3 is 1. The Balaban J connectivity index is 2.13. The lowest BCUT2D eigenvalue weighted by atomic mass is 10.1. The predicted molar refractivity (Wildman–Crippen MR) is 91.7 cm³/mol. The first kappa shape index (κ1) is 17.8. The SMILES string of the molecule is COC(=O)c1ccc(NC(=O)C2C(C=C(Cl)Cl)C2(C)C)c(C)c1. The van der Waals surface area contributed by atoms with Gasteiger partial charge >= 0.3 is 5.97 Å². The molecule has 124 valence electrons. The molecule has 4 nitrogen and oxygen atoms in total. The first-order valence-corrected chi connectivity index (χ1v) is 7.96. The quantitative estimate of drug-likeness (QED) is 0.818. The fourth-order valence-electron chi connectivity index (χ4n) is 2.88. The van der Waals surface area contributed by atoms with Crippen molar-refractivity contribution >= 4 is 40.8 Å². The van der Waals surface area contributed by atoms with Crippen LogP contribution in [0.1, 0.15) is 29.8 Å². The van der Waals surface area contributed by atoms with Crippen molar-refractivity contribution in [2.75, 3.05) is 12.4 Å². The Labute approximate surface area is 145 Å². The molecule has 2 rings (SSSR count). The summed E-state index contributed by atoms with van der Waals surface area (Å²) >= 11 is 11.4. The molecule has 0 spiro atoms. The third-order valence-corrected chi connectivity index (χ3v) is 4.66. The summed E-state index contributed by atoms with van der Waals surface area (Å²) in [5.41, 5.74) is 1.73. The molecule has 0 saturated heterocycles. The van der Waals surface area contributed by atoms with Gasteiger partial charge in [-0.05, 0) is 48.1 Å². The molecule has 1 amide bonds. The highest BCUT2D eigenvalue weighted by molar-refractivity contribution is 6.55. The Morgan fingerprint density at radius 3 is 2.48 bits per heavy atom. The molecule has 0 bridgehead atoms. The summed E-state index contributed by atoms with van der Waals surface area (Å²) in [6.45, 7) is 5.83. The molecule has 0 aliphatic heterocycles. The van der Waals surface area contributed by atoms with Gasteiger partial charge in [0.25, 0.3) is 0 Å². The highest BCUT2D eigenvalue weighted by atomic mass is 35.5. The zero-order valence-electron chi connectivity index (χ0n) is 13.4. The van der Waals surface area contributed by atoms with Crippen LogP contribution in [0.15, 0.2) is 28.8 Å². The van der Waals surface area contributed by atoms with Gasteiger partial charge in [0.2, 0.25) is 5.91 Å². The molecule has 1 aliphatic carbocycles. The highest BCUT2D eigenvalue weighted by Crippen LogP contribution is 2.60. The van der Waals surface area contributed by atoms with Gasteiger partial charge in [-0.15, -0.1) is 0 Å². The van der Waals surface area contributed by atoms with Gasteiger partial charge in [-0.25, -0.2) is 4.79 Å². The molecule has 0 heterocycles. The minimum Gasteiger partial charge on any atom is -0.465 e. The molecule has 0 aromatic heterocycles. The maximum atomic E-state index is 12.5. The number of benzene rings is 1. The number of allylic oxidation sites excluding steroid dienone is 1. The second kappa shape index (κ2) is 6.54. The molecule has 1 aromatic carbocycles. The molecule has 2 unspecified atom stereocenters. The van der Waals surface area contributed by atoms with Crippen LogP contribution in [0.2, 0.25) is 0 Å². The lowest BCUT2D eigenvalue weighted by Gasteiger charge is -2.10. The van der Waals surface area contributed by atoms with Crippen molar-refractivity contribution in [3.8, 4) is 0 Å². The normalized spacial score (nSPS) is 21.3. The Hall–Kier alpha value is -1.52. The third-order valence-electron chi connectivity index (χ3n) is 4.40. The summed E-state index contributed by atoms with van der Waals surface area (Å²) in [6.07, 6.45) is 1.71. The molecule has 1 aromatic rings. The Morgan fingerprint density at radius 2 is 1.96 bits per heavy atom. The van der Waals surface area contributed by atoms with Crippen molar-refractivity contribution < 1.29 is 14.3 Å². The summed E-state index contributed by atoms with van der Waals surface area (Å²) < 4.78 is 4.86. The van der Waals surface area contributed by atoms with Crippen LogP contribution in [0, 0.1) is 24.2 Å². The zero-order valence-corrected chi connectivity index (χ0v) is 15.0. The topological polar surface area (TPSA) is 55.4 Å². The molecule has 1 aliphatic rings. The van der Waals surface area contributed by atoms with E-state index in [1.165, 1.54) is 7.11 Å². The highest BCUT2D eigenvalue weighted by Gasteiger charge is 2.60. The minimum atomic E-state index is -0.406. The second-order valence-electron chi connectivity index (χ2n) is 6.29. The van der Waals surface area contributed by atoms with Crippen molar-refractivity contribution in [3.05, 3.63) is 39.9 Å². The maximum Gasteiger partial charge on any atom is 0.337 e. The number of amides is 1. The average Bonchev–Trinajstić information content (AvgIpc) is 3.00. The van der Waals surface area contributed by atoms with Gasteiger partial charge in [-0.3, -0.25) is 4.79 Å². The van der Waals surface area contributed by atoms with E-state index >= 15 is 0 Å². The number of aryl methyl sites for hydroxylation is 1. The summed E-state index contributed by atoms with van der Waals surface area (Å²) in [4.78, 5) is 24.0. The van der Waals surface area contributed by atoms with Crippen molar-refractivity contribution in [3.63, 3.8) is 0 Å². The van der Waals surface area contributed by atoms with Crippen LogP contribution in [-0.2, 0) is 9.53 Å². The van der Waals surface area contributed by atoms with Crippen molar-refractivity contribution in [1.82, 2.24) is 0 Å². The van der Waals surface area contributed by atoms with Gasteiger partial charge in [-0.2, -0.15) is 0 Å². The molecule has 0 radical (unpaired) electrons. The number of rotatable bonds is 4. The smallest absolute Gasteiger partial charge is 0.337 e. The van der Waals surface area contributed by atoms with Crippen molar-refractivity contribution in [2.24, 2.45) is 17.3 Å². The van der Waals surface area contributed by atoms with E-state index in [1.807, 2.05) is 20.8 Å². The van der Waals surface area contributed by atoms with E-state index < -0.39 is 5.97 Å². The van der Waals surface area contributed by atoms with Gasteiger partial charge in [0.05, 0.1) is 18.6 Å². The van der Waals surface area contributed by atoms with Crippen LogP contribution in [0.25, 0.3) is 0 Å². The molecule has 1 N–H and O–H groups in total. The van der Waals surface area contributed by atoms with Crippen LogP contribution in [0.5, 0.6) is 0 Å². The fraction of sp³-hybridized carbons (Fsp3) is 0.412. The summed E-state index contributed by atoms with van der Waals surface area (Å²) in [5, 5.41) is 2.91. The number of ether oxygens (including phenoxy) is 1. The standard InChI is InChI=1S/C17H19Cl2NO3/c1-9-7-10(16(22)23-4)5-6-12(9)20-15(21)14-11(8-13(18)19)17(14,2)3/h5-8,11,14H,1-4H3,(H,20,21). The number of halogens is 2. The average molecular weight is 356 g/mol. The second-order valence-corrected chi connectivity index (χ2v) is 7.30. The number of hydrogen-bond acceptors (Lipinski definition) is 3. The number of nitrogens with one attached hydrogen (secondary N) is 1. The van der Waals surface area contributed by atoms with Crippen LogP contribution in [-0.4, -0.2) is 19.0 Å². The van der Waals surface area contributed by atoms with Crippen LogP contribution in [0.4, 0.5) is 5.69 Å². The van der Waals surface area contributed by atoms with Crippen LogP contribution < -0.4 is 5.32 Å². The van der Waals surface area contributed by atoms with E-state index in [1.54, 1.807) is 24.3 Å². The van der Waals surface area contributed by atoms with E-state index in [0.29, 0.717) is 11.3 Å². The maximum absolute atomic E-state index is 12.5. The zero-order chi connectivity index (χ0) is 17.4. The first-order chi connectivity index (χ1) is 10.7. The number of carbonyl (C=O) groups excluding carboxylic acids is 2. The summed E-state index contributed by atoms with van der Waals surface area (Å²) in [6, 6.07) is 5.01. The molecular formula is C17H19Cl2NO3. The molecule has 23 heavy (non-hydrogen) atoms. The lowest BCUT2D eigenvalue weighted by molar-refractivity contribution is -0.118. The largest absolute Gasteiger partial charge is 0.465 e. The van der Waals surface area contributed by atoms with Gasteiger partial charge in [0.15, 0.2) is 0 Å². The van der Waals surface area contributed by atoms with Crippen LogP contribution >= 0.6 is 23.2 Å². The minimum absolute atomic E-state index is 0.0159. The van der Waals surface area contributed by atoms with Gasteiger partial charge < -0.3 is 10.1 Å².